The average molecular weight is 461 g/mol. The maximum absolute atomic E-state index is 13.2. The van der Waals surface area contributed by atoms with Crippen molar-refractivity contribution in [3.8, 4) is 0 Å². The zero-order valence-corrected chi connectivity index (χ0v) is 20.6. The third-order valence-electron chi connectivity index (χ3n) is 5.90. The smallest absolute Gasteiger partial charge is 0.282 e. The minimum atomic E-state index is -0.168. The van der Waals surface area contributed by atoms with Crippen LogP contribution in [0.1, 0.15) is 75.2 Å². The standard InChI is InChI=1S/C28H36N4O2/c1-4-7-8-11-19-29-27(33)22-15-17-23(18-16-22)32-28(34)24(26(31-32)12-5-2)20-30-25-14-10-9-13-21(25)6-3/h9-10,13-18,20,30H,4-8,11-12,19H2,1-3H3,(H,29,33). The van der Waals surface area contributed by atoms with E-state index in [2.05, 4.69) is 42.6 Å². The molecule has 0 atom stereocenters. The Morgan fingerprint density at radius 3 is 2.44 bits per heavy atom. The molecule has 1 aliphatic rings. The molecule has 2 N–H and O–H groups in total. The molecular formula is C28H36N4O2. The Labute approximate surface area is 203 Å². The fourth-order valence-electron chi connectivity index (χ4n) is 3.93. The van der Waals surface area contributed by atoms with Crippen LogP contribution in [0.4, 0.5) is 11.4 Å². The molecule has 0 bridgehead atoms. The maximum atomic E-state index is 13.2. The lowest BCUT2D eigenvalue weighted by Crippen LogP contribution is -2.25. The Kier molecular flexibility index (Phi) is 9.44. The monoisotopic (exact) mass is 460 g/mol. The van der Waals surface area contributed by atoms with Gasteiger partial charge in [-0.25, -0.2) is 0 Å². The molecule has 3 rings (SSSR count). The molecule has 2 amide bonds. The first kappa shape index (κ1) is 25.2. The van der Waals surface area contributed by atoms with E-state index < -0.39 is 0 Å². The van der Waals surface area contributed by atoms with Crippen LogP contribution < -0.4 is 15.6 Å². The average Bonchev–Trinajstić information content (AvgIpc) is 3.17. The summed E-state index contributed by atoms with van der Waals surface area (Å²) in [6.45, 7) is 7.03. The fourth-order valence-corrected chi connectivity index (χ4v) is 3.93. The van der Waals surface area contributed by atoms with E-state index in [1.54, 1.807) is 30.5 Å². The molecule has 2 aromatic carbocycles. The Balaban J connectivity index is 1.70. The zero-order chi connectivity index (χ0) is 24.3. The lowest BCUT2D eigenvalue weighted by Gasteiger charge is -2.13. The van der Waals surface area contributed by atoms with E-state index >= 15 is 0 Å². The number of nitrogens with one attached hydrogen (secondary N) is 2. The number of hydrazone groups is 1. The molecule has 0 fully saturated rings. The SMILES string of the molecule is CCCCCCNC(=O)c1ccc(N2N=C(CCC)C(=CNc3ccccc3CC)C2=O)cc1. The molecule has 34 heavy (non-hydrogen) atoms. The normalized spacial score (nSPS) is 14.4. The van der Waals surface area contributed by atoms with E-state index in [9.17, 15) is 9.59 Å². The predicted molar refractivity (Wildman–Crippen MR) is 140 cm³/mol. The van der Waals surface area contributed by atoms with Gasteiger partial charge in [-0.15, -0.1) is 0 Å². The molecular weight excluding hydrogens is 424 g/mol. The minimum absolute atomic E-state index is 0.0923. The van der Waals surface area contributed by atoms with Gasteiger partial charge in [0.05, 0.1) is 17.0 Å². The van der Waals surface area contributed by atoms with E-state index in [1.165, 1.54) is 23.4 Å². The molecule has 1 heterocycles. The maximum Gasteiger partial charge on any atom is 0.282 e. The van der Waals surface area contributed by atoms with Crippen LogP contribution in [0, 0.1) is 0 Å². The van der Waals surface area contributed by atoms with Crippen molar-refractivity contribution in [2.45, 2.75) is 65.7 Å². The largest absolute Gasteiger partial charge is 0.361 e. The Hall–Kier alpha value is -3.41. The molecule has 0 spiro atoms. The molecule has 6 nitrogen and oxygen atoms in total. The van der Waals surface area contributed by atoms with Gasteiger partial charge in [-0.05, 0) is 55.2 Å². The molecule has 0 unspecified atom stereocenters. The van der Waals surface area contributed by atoms with Gasteiger partial charge in [0, 0.05) is 24.0 Å². The first-order valence-corrected chi connectivity index (χ1v) is 12.4. The van der Waals surface area contributed by atoms with Gasteiger partial charge < -0.3 is 10.6 Å². The van der Waals surface area contributed by atoms with Crippen LogP contribution in [-0.4, -0.2) is 24.1 Å². The number of para-hydroxylation sites is 1. The molecule has 0 saturated heterocycles. The number of benzene rings is 2. The van der Waals surface area contributed by atoms with Crippen molar-refractivity contribution in [1.82, 2.24) is 5.32 Å². The summed E-state index contributed by atoms with van der Waals surface area (Å²) < 4.78 is 0. The number of amides is 2. The number of nitrogens with zero attached hydrogens (tertiary/aromatic N) is 2. The number of carbonyl (C=O) groups is 2. The van der Waals surface area contributed by atoms with Crippen molar-refractivity contribution in [3.63, 3.8) is 0 Å². The third-order valence-corrected chi connectivity index (χ3v) is 5.90. The molecule has 0 aromatic heterocycles. The summed E-state index contributed by atoms with van der Waals surface area (Å²) in [6, 6.07) is 15.1. The van der Waals surface area contributed by atoms with E-state index in [4.69, 9.17) is 0 Å². The van der Waals surface area contributed by atoms with Gasteiger partial charge in [0.15, 0.2) is 0 Å². The molecule has 180 valence electrons. The minimum Gasteiger partial charge on any atom is -0.361 e. The summed E-state index contributed by atoms with van der Waals surface area (Å²) in [7, 11) is 0. The van der Waals surface area contributed by atoms with Crippen molar-refractivity contribution < 1.29 is 9.59 Å². The highest BCUT2D eigenvalue weighted by molar-refractivity contribution is 6.30. The van der Waals surface area contributed by atoms with Crippen molar-refractivity contribution in [2.24, 2.45) is 5.10 Å². The second kappa shape index (κ2) is 12.7. The number of aryl methyl sites for hydroxylation is 1. The number of carbonyl (C=O) groups excluding carboxylic acids is 2. The molecule has 0 aliphatic carbocycles. The van der Waals surface area contributed by atoms with Crippen molar-refractivity contribution >= 4 is 28.9 Å². The van der Waals surface area contributed by atoms with Crippen LogP contribution in [0.25, 0.3) is 0 Å². The molecule has 2 aromatic rings. The van der Waals surface area contributed by atoms with Gasteiger partial charge in [0.25, 0.3) is 11.8 Å². The summed E-state index contributed by atoms with van der Waals surface area (Å²) in [5.41, 5.74) is 4.75. The van der Waals surface area contributed by atoms with Gasteiger partial charge in [-0.2, -0.15) is 10.1 Å². The van der Waals surface area contributed by atoms with Crippen molar-refractivity contribution in [2.75, 3.05) is 16.9 Å². The van der Waals surface area contributed by atoms with Crippen molar-refractivity contribution in [3.05, 3.63) is 71.4 Å². The lowest BCUT2D eigenvalue weighted by molar-refractivity contribution is -0.114. The molecule has 0 radical (unpaired) electrons. The highest BCUT2D eigenvalue weighted by Gasteiger charge is 2.30. The lowest BCUT2D eigenvalue weighted by atomic mass is 10.1. The van der Waals surface area contributed by atoms with Crippen LogP contribution >= 0.6 is 0 Å². The van der Waals surface area contributed by atoms with Crippen molar-refractivity contribution in [1.29, 1.82) is 0 Å². The zero-order valence-electron chi connectivity index (χ0n) is 20.6. The number of unbranched alkanes of at least 4 members (excludes halogenated alkanes) is 3. The molecule has 1 aliphatic heterocycles. The number of rotatable bonds is 12. The van der Waals surface area contributed by atoms with Crippen LogP contribution in [0.2, 0.25) is 0 Å². The van der Waals surface area contributed by atoms with Gasteiger partial charge in [0.2, 0.25) is 0 Å². The quantitative estimate of drug-likeness (QED) is 0.299. The number of anilines is 2. The van der Waals surface area contributed by atoms with E-state index in [-0.39, 0.29) is 11.8 Å². The van der Waals surface area contributed by atoms with Gasteiger partial charge in [-0.3, -0.25) is 9.59 Å². The molecule has 6 heteroatoms. The molecule has 0 saturated carbocycles. The summed E-state index contributed by atoms with van der Waals surface area (Å²) in [5, 5.41) is 12.3. The van der Waals surface area contributed by atoms with Gasteiger partial charge in [0.1, 0.15) is 0 Å². The van der Waals surface area contributed by atoms with E-state index in [0.717, 1.165) is 37.1 Å². The predicted octanol–water partition coefficient (Wildman–Crippen LogP) is 6.06. The Morgan fingerprint density at radius 2 is 1.74 bits per heavy atom. The van der Waals surface area contributed by atoms with E-state index in [0.29, 0.717) is 29.8 Å². The van der Waals surface area contributed by atoms with Crippen LogP contribution in [0.5, 0.6) is 0 Å². The number of hydrogen-bond acceptors (Lipinski definition) is 4. The Morgan fingerprint density at radius 1 is 0.971 bits per heavy atom. The van der Waals surface area contributed by atoms with Crippen LogP contribution in [0.3, 0.4) is 0 Å². The highest BCUT2D eigenvalue weighted by Crippen LogP contribution is 2.26. The second-order valence-corrected chi connectivity index (χ2v) is 8.49. The summed E-state index contributed by atoms with van der Waals surface area (Å²) >= 11 is 0. The highest BCUT2D eigenvalue weighted by atomic mass is 16.2. The summed E-state index contributed by atoms with van der Waals surface area (Å²) in [4.78, 5) is 25.6. The fraction of sp³-hybridized carbons (Fsp3) is 0.393. The van der Waals surface area contributed by atoms with Crippen LogP contribution in [-0.2, 0) is 11.2 Å². The summed E-state index contributed by atoms with van der Waals surface area (Å²) in [6.07, 6.45) is 8.75. The number of hydrogen-bond donors (Lipinski definition) is 2. The first-order valence-electron chi connectivity index (χ1n) is 12.4. The van der Waals surface area contributed by atoms with Crippen LogP contribution in [0.15, 0.2) is 65.4 Å². The summed E-state index contributed by atoms with van der Waals surface area (Å²) in [5.74, 6) is -0.261. The second-order valence-electron chi connectivity index (χ2n) is 8.49. The van der Waals surface area contributed by atoms with Gasteiger partial charge >= 0.3 is 0 Å². The van der Waals surface area contributed by atoms with Gasteiger partial charge in [-0.1, -0.05) is 64.7 Å². The Bertz CT molecular complexity index is 1040. The van der Waals surface area contributed by atoms with E-state index in [1.807, 2.05) is 18.2 Å². The third kappa shape index (κ3) is 6.34. The topological polar surface area (TPSA) is 73.8 Å². The first-order chi connectivity index (χ1) is 16.6.